The van der Waals surface area contributed by atoms with E-state index in [-0.39, 0.29) is 11.8 Å². The van der Waals surface area contributed by atoms with Gasteiger partial charge in [0.05, 0.1) is 19.1 Å². The maximum absolute atomic E-state index is 11.1. The van der Waals surface area contributed by atoms with E-state index in [9.17, 15) is 4.79 Å². The molecule has 104 valence electrons. The van der Waals surface area contributed by atoms with E-state index in [0.29, 0.717) is 19.0 Å². The first kappa shape index (κ1) is 13.7. The molecule has 2 unspecified atom stereocenters. The highest BCUT2D eigenvalue weighted by Gasteiger charge is 2.37. The number of benzene rings is 1. The lowest BCUT2D eigenvalue weighted by molar-refractivity contribution is -0.145. The molecule has 1 fully saturated rings. The Morgan fingerprint density at radius 2 is 1.89 bits per heavy atom. The summed E-state index contributed by atoms with van der Waals surface area (Å²) in [6, 6.07) is 5.75. The summed E-state index contributed by atoms with van der Waals surface area (Å²) in [4.78, 5) is 11.1. The molecule has 1 aliphatic rings. The lowest BCUT2D eigenvalue weighted by atomic mass is 9.70. The zero-order chi connectivity index (χ0) is 13.8. The summed E-state index contributed by atoms with van der Waals surface area (Å²) in [5, 5.41) is 9.12. The van der Waals surface area contributed by atoms with Gasteiger partial charge in [-0.15, -0.1) is 0 Å². The van der Waals surface area contributed by atoms with Gasteiger partial charge in [0, 0.05) is 0 Å². The summed E-state index contributed by atoms with van der Waals surface area (Å²) in [6.45, 7) is 5.00. The van der Waals surface area contributed by atoms with Crippen LogP contribution < -0.4 is 9.47 Å². The fourth-order valence-corrected chi connectivity index (χ4v) is 2.49. The van der Waals surface area contributed by atoms with E-state index in [1.807, 2.05) is 32.0 Å². The number of rotatable bonds is 6. The van der Waals surface area contributed by atoms with Gasteiger partial charge in [0.15, 0.2) is 11.5 Å². The fourth-order valence-electron chi connectivity index (χ4n) is 2.49. The van der Waals surface area contributed by atoms with E-state index in [1.165, 1.54) is 0 Å². The van der Waals surface area contributed by atoms with Crippen LogP contribution in [0.25, 0.3) is 0 Å². The normalized spacial score (nSPS) is 21.6. The second kappa shape index (κ2) is 5.95. The minimum absolute atomic E-state index is 0.104. The molecule has 0 bridgehead atoms. The Balaban J connectivity index is 2.22. The zero-order valence-electron chi connectivity index (χ0n) is 11.4. The summed E-state index contributed by atoms with van der Waals surface area (Å²) < 4.78 is 11.1. The lowest BCUT2D eigenvalue weighted by Gasteiger charge is -2.34. The first-order valence-corrected chi connectivity index (χ1v) is 6.79. The summed E-state index contributed by atoms with van der Waals surface area (Å²) in [7, 11) is 0. The van der Waals surface area contributed by atoms with Gasteiger partial charge >= 0.3 is 5.97 Å². The number of hydrogen-bond acceptors (Lipinski definition) is 3. The Morgan fingerprint density at radius 3 is 2.42 bits per heavy atom. The first-order chi connectivity index (χ1) is 9.17. The Labute approximate surface area is 113 Å². The van der Waals surface area contributed by atoms with Crippen LogP contribution in [-0.2, 0) is 4.79 Å². The van der Waals surface area contributed by atoms with Crippen LogP contribution in [0.3, 0.4) is 0 Å². The quantitative estimate of drug-likeness (QED) is 0.858. The molecule has 4 heteroatoms. The molecule has 0 radical (unpaired) electrons. The van der Waals surface area contributed by atoms with Crippen LogP contribution in [0, 0.1) is 5.92 Å². The van der Waals surface area contributed by atoms with Gasteiger partial charge in [-0.2, -0.15) is 0 Å². The van der Waals surface area contributed by atoms with Crippen LogP contribution in [0.2, 0.25) is 0 Å². The van der Waals surface area contributed by atoms with Crippen LogP contribution in [-0.4, -0.2) is 24.3 Å². The van der Waals surface area contributed by atoms with E-state index >= 15 is 0 Å². The summed E-state index contributed by atoms with van der Waals surface area (Å²) in [5.74, 6) is 0.570. The molecule has 0 saturated heterocycles. The molecule has 19 heavy (non-hydrogen) atoms. The van der Waals surface area contributed by atoms with Crippen molar-refractivity contribution in [3.63, 3.8) is 0 Å². The van der Waals surface area contributed by atoms with Crippen LogP contribution in [0.4, 0.5) is 0 Å². The number of aliphatic carboxylic acids is 1. The third-order valence-corrected chi connectivity index (χ3v) is 3.59. The lowest BCUT2D eigenvalue weighted by Crippen LogP contribution is -2.30. The third kappa shape index (κ3) is 2.83. The summed E-state index contributed by atoms with van der Waals surface area (Å²) in [6.07, 6.45) is 1.69. The van der Waals surface area contributed by atoms with Crippen molar-refractivity contribution in [1.29, 1.82) is 0 Å². The van der Waals surface area contributed by atoms with Crippen molar-refractivity contribution in [1.82, 2.24) is 0 Å². The van der Waals surface area contributed by atoms with Crippen molar-refractivity contribution < 1.29 is 19.4 Å². The SMILES string of the molecule is CCOc1ccc(C2CCC2C(=O)O)cc1OCC. The first-order valence-electron chi connectivity index (χ1n) is 6.79. The van der Waals surface area contributed by atoms with Gasteiger partial charge in [0.2, 0.25) is 0 Å². The maximum atomic E-state index is 11.1. The van der Waals surface area contributed by atoms with Crippen molar-refractivity contribution >= 4 is 5.97 Å². The number of hydrogen-bond donors (Lipinski definition) is 1. The molecule has 2 rings (SSSR count). The second-order valence-electron chi connectivity index (χ2n) is 4.70. The number of carboxylic acids is 1. The second-order valence-corrected chi connectivity index (χ2v) is 4.70. The smallest absolute Gasteiger partial charge is 0.307 e. The number of carbonyl (C=O) groups is 1. The molecule has 1 saturated carbocycles. The Hall–Kier alpha value is -1.71. The van der Waals surface area contributed by atoms with E-state index < -0.39 is 5.97 Å². The third-order valence-electron chi connectivity index (χ3n) is 3.59. The average molecular weight is 264 g/mol. The monoisotopic (exact) mass is 264 g/mol. The van der Waals surface area contributed by atoms with Gasteiger partial charge in [-0.25, -0.2) is 0 Å². The molecule has 0 spiro atoms. The molecular formula is C15H20O4. The summed E-state index contributed by atoms with van der Waals surface area (Å²) >= 11 is 0. The number of ether oxygens (including phenoxy) is 2. The average Bonchev–Trinajstić information content (AvgIpc) is 2.31. The molecule has 0 aromatic heterocycles. The van der Waals surface area contributed by atoms with E-state index in [0.717, 1.165) is 24.2 Å². The largest absolute Gasteiger partial charge is 0.490 e. The van der Waals surface area contributed by atoms with Crippen molar-refractivity contribution in [2.75, 3.05) is 13.2 Å². The van der Waals surface area contributed by atoms with Crippen LogP contribution >= 0.6 is 0 Å². The summed E-state index contributed by atoms with van der Waals surface area (Å²) in [5.41, 5.74) is 1.03. The van der Waals surface area contributed by atoms with E-state index in [1.54, 1.807) is 0 Å². The minimum atomic E-state index is -0.705. The molecule has 1 aromatic rings. The predicted molar refractivity (Wildman–Crippen MR) is 71.9 cm³/mol. The van der Waals surface area contributed by atoms with Gasteiger partial charge in [0.25, 0.3) is 0 Å². The van der Waals surface area contributed by atoms with Crippen molar-refractivity contribution in [2.45, 2.75) is 32.6 Å². The van der Waals surface area contributed by atoms with Gasteiger partial charge in [0.1, 0.15) is 0 Å². The molecule has 0 aliphatic heterocycles. The standard InChI is InChI=1S/C15H20O4/c1-3-18-13-8-5-10(9-14(13)19-4-2)11-6-7-12(11)15(16)17/h5,8-9,11-12H,3-4,6-7H2,1-2H3,(H,16,17). The minimum Gasteiger partial charge on any atom is -0.490 e. The molecule has 1 aromatic carbocycles. The molecule has 2 atom stereocenters. The van der Waals surface area contributed by atoms with Crippen molar-refractivity contribution in [3.05, 3.63) is 23.8 Å². The van der Waals surface area contributed by atoms with Crippen LogP contribution in [0.1, 0.15) is 38.2 Å². The van der Waals surface area contributed by atoms with Gasteiger partial charge in [-0.3, -0.25) is 4.79 Å². The van der Waals surface area contributed by atoms with Crippen LogP contribution in [0.5, 0.6) is 11.5 Å². The predicted octanol–water partition coefficient (Wildman–Crippen LogP) is 3.06. The van der Waals surface area contributed by atoms with E-state index in [4.69, 9.17) is 14.6 Å². The topological polar surface area (TPSA) is 55.8 Å². The molecule has 0 amide bonds. The Bertz CT molecular complexity index is 455. The van der Waals surface area contributed by atoms with Gasteiger partial charge in [-0.05, 0) is 50.3 Å². The Kier molecular flexibility index (Phi) is 4.30. The Morgan fingerprint density at radius 1 is 1.21 bits per heavy atom. The van der Waals surface area contributed by atoms with Crippen molar-refractivity contribution in [3.8, 4) is 11.5 Å². The molecule has 4 nitrogen and oxygen atoms in total. The maximum Gasteiger partial charge on any atom is 0.307 e. The van der Waals surface area contributed by atoms with E-state index in [2.05, 4.69) is 0 Å². The highest BCUT2D eigenvalue weighted by molar-refractivity contribution is 5.72. The zero-order valence-corrected chi connectivity index (χ0v) is 11.4. The van der Waals surface area contributed by atoms with Gasteiger partial charge in [-0.1, -0.05) is 6.07 Å². The number of carboxylic acid groups (broad SMARTS) is 1. The molecule has 0 heterocycles. The van der Waals surface area contributed by atoms with Crippen LogP contribution in [0.15, 0.2) is 18.2 Å². The molecular weight excluding hydrogens is 244 g/mol. The molecule has 1 aliphatic carbocycles. The fraction of sp³-hybridized carbons (Fsp3) is 0.533. The van der Waals surface area contributed by atoms with Crippen molar-refractivity contribution in [2.24, 2.45) is 5.92 Å². The van der Waals surface area contributed by atoms with Gasteiger partial charge < -0.3 is 14.6 Å². The molecule has 1 N–H and O–H groups in total. The highest BCUT2D eigenvalue weighted by Crippen LogP contribution is 2.44. The highest BCUT2D eigenvalue weighted by atomic mass is 16.5.